The molecular formula is C18H27N3O3. The van der Waals surface area contributed by atoms with Crippen molar-refractivity contribution in [3.63, 3.8) is 0 Å². The van der Waals surface area contributed by atoms with Crippen LogP contribution in [0.1, 0.15) is 39.7 Å². The zero-order valence-electron chi connectivity index (χ0n) is 15.0. The van der Waals surface area contributed by atoms with Crippen LogP contribution >= 0.6 is 0 Å². The molecule has 0 bridgehead atoms. The number of anilines is 2. The van der Waals surface area contributed by atoms with Crippen molar-refractivity contribution in [2.75, 3.05) is 17.2 Å². The molecular weight excluding hydrogens is 306 g/mol. The van der Waals surface area contributed by atoms with Gasteiger partial charge in [-0.25, -0.2) is 0 Å². The van der Waals surface area contributed by atoms with Crippen molar-refractivity contribution in [2.45, 2.75) is 52.7 Å². The minimum absolute atomic E-state index is 0.0231. The first kappa shape index (κ1) is 18.4. The number of nitrogens with one attached hydrogen (secondary N) is 2. The van der Waals surface area contributed by atoms with Crippen LogP contribution in [0.25, 0.3) is 0 Å². The molecule has 2 rings (SSSR count). The molecule has 1 fully saturated rings. The summed E-state index contributed by atoms with van der Waals surface area (Å²) in [6.07, 6.45) is 0.467. The van der Waals surface area contributed by atoms with Crippen molar-refractivity contribution in [1.29, 1.82) is 0 Å². The number of carbonyl (C=O) groups excluding carboxylic acids is 2. The van der Waals surface area contributed by atoms with E-state index in [4.69, 9.17) is 10.5 Å². The summed E-state index contributed by atoms with van der Waals surface area (Å²) in [5.74, 6) is -0.391. The van der Waals surface area contributed by atoms with Gasteiger partial charge in [0.25, 0.3) is 0 Å². The van der Waals surface area contributed by atoms with E-state index in [9.17, 15) is 9.59 Å². The van der Waals surface area contributed by atoms with Gasteiger partial charge in [0, 0.05) is 36.7 Å². The molecule has 0 aromatic heterocycles. The van der Waals surface area contributed by atoms with Gasteiger partial charge in [-0.1, -0.05) is 19.9 Å². The monoisotopic (exact) mass is 333 g/mol. The molecule has 0 heterocycles. The van der Waals surface area contributed by atoms with Gasteiger partial charge in [-0.15, -0.1) is 0 Å². The van der Waals surface area contributed by atoms with Crippen LogP contribution in [-0.2, 0) is 14.3 Å². The Morgan fingerprint density at radius 1 is 1.33 bits per heavy atom. The highest BCUT2D eigenvalue weighted by Crippen LogP contribution is 2.50. The quantitative estimate of drug-likeness (QED) is 0.771. The Morgan fingerprint density at radius 3 is 2.54 bits per heavy atom. The Hall–Kier alpha value is -1.92. The molecule has 0 saturated heterocycles. The van der Waals surface area contributed by atoms with E-state index >= 15 is 0 Å². The summed E-state index contributed by atoms with van der Waals surface area (Å²) in [7, 11) is 0. The summed E-state index contributed by atoms with van der Waals surface area (Å²) in [6.45, 7) is 9.78. The molecule has 6 nitrogen and oxygen atoms in total. The molecule has 24 heavy (non-hydrogen) atoms. The molecule has 6 heteroatoms. The van der Waals surface area contributed by atoms with Gasteiger partial charge >= 0.3 is 0 Å². The molecule has 0 spiro atoms. The third kappa shape index (κ3) is 3.16. The molecule has 1 aliphatic rings. The molecule has 2 unspecified atom stereocenters. The number of hydrogen-bond donors (Lipinski definition) is 3. The number of amides is 2. The summed E-state index contributed by atoms with van der Waals surface area (Å²) in [6, 6.07) is 5.38. The lowest BCUT2D eigenvalue weighted by molar-refractivity contribution is -0.166. The zero-order valence-corrected chi connectivity index (χ0v) is 15.0. The van der Waals surface area contributed by atoms with Gasteiger partial charge in [-0.3, -0.25) is 9.59 Å². The Bertz CT molecular complexity index is 657. The highest BCUT2D eigenvalue weighted by Gasteiger charge is 2.62. The molecule has 1 aromatic carbocycles. The highest BCUT2D eigenvalue weighted by molar-refractivity contribution is 6.01. The fourth-order valence-electron chi connectivity index (χ4n) is 3.09. The topological polar surface area (TPSA) is 93.4 Å². The van der Waals surface area contributed by atoms with E-state index in [2.05, 4.69) is 10.6 Å². The summed E-state index contributed by atoms with van der Waals surface area (Å²) in [4.78, 5) is 24.0. The summed E-state index contributed by atoms with van der Waals surface area (Å²) < 4.78 is 5.67. The van der Waals surface area contributed by atoms with Crippen molar-refractivity contribution in [3.05, 3.63) is 23.8 Å². The first-order valence-corrected chi connectivity index (χ1v) is 8.22. The van der Waals surface area contributed by atoms with E-state index in [1.54, 1.807) is 12.1 Å². The van der Waals surface area contributed by atoms with Crippen molar-refractivity contribution in [3.8, 4) is 0 Å². The number of carbonyl (C=O) groups is 2. The number of rotatable bonds is 5. The van der Waals surface area contributed by atoms with Gasteiger partial charge in [0.15, 0.2) is 0 Å². The Balaban J connectivity index is 2.17. The van der Waals surface area contributed by atoms with Crippen LogP contribution in [-0.4, -0.2) is 30.1 Å². The maximum absolute atomic E-state index is 12.8. The number of aryl methyl sites for hydroxylation is 1. The van der Waals surface area contributed by atoms with E-state index in [-0.39, 0.29) is 17.9 Å². The van der Waals surface area contributed by atoms with Gasteiger partial charge in [-0.2, -0.15) is 0 Å². The molecule has 4 N–H and O–H groups in total. The highest BCUT2D eigenvalue weighted by atomic mass is 16.5. The fraction of sp³-hybridized carbons (Fsp3) is 0.556. The van der Waals surface area contributed by atoms with Crippen LogP contribution in [0.2, 0.25) is 0 Å². The normalized spacial score (nSPS) is 24.8. The minimum atomic E-state index is -0.983. The molecule has 2 atom stereocenters. The second-order valence-corrected chi connectivity index (χ2v) is 7.01. The lowest BCUT2D eigenvalue weighted by atomic mass is 9.54. The third-order valence-electron chi connectivity index (χ3n) is 5.04. The molecule has 132 valence electrons. The summed E-state index contributed by atoms with van der Waals surface area (Å²) in [5.41, 5.74) is 7.15. The Labute approximate surface area is 143 Å². The number of nitrogens with two attached hydrogens (primary N) is 1. The van der Waals surface area contributed by atoms with Crippen LogP contribution in [0.4, 0.5) is 11.4 Å². The predicted octanol–water partition coefficient (Wildman–Crippen LogP) is 2.42. The van der Waals surface area contributed by atoms with Crippen molar-refractivity contribution < 1.29 is 14.3 Å². The lowest BCUT2D eigenvalue weighted by Gasteiger charge is -2.57. The van der Waals surface area contributed by atoms with Crippen LogP contribution in [0.5, 0.6) is 0 Å². The van der Waals surface area contributed by atoms with Gasteiger partial charge in [0.2, 0.25) is 11.8 Å². The van der Waals surface area contributed by atoms with Crippen LogP contribution in [0, 0.1) is 12.3 Å². The fourth-order valence-corrected chi connectivity index (χ4v) is 3.09. The Kier molecular flexibility index (Phi) is 5.01. The maximum atomic E-state index is 12.8. The van der Waals surface area contributed by atoms with E-state index < -0.39 is 11.0 Å². The van der Waals surface area contributed by atoms with Gasteiger partial charge < -0.3 is 21.1 Å². The third-order valence-corrected chi connectivity index (χ3v) is 5.04. The van der Waals surface area contributed by atoms with Crippen molar-refractivity contribution >= 4 is 23.2 Å². The average molecular weight is 333 g/mol. The molecule has 2 amide bonds. The minimum Gasteiger partial charge on any atom is -0.378 e. The van der Waals surface area contributed by atoms with Gasteiger partial charge in [0.05, 0.1) is 6.10 Å². The van der Waals surface area contributed by atoms with E-state index in [1.807, 2.05) is 33.8 Å². The molecule has 0 aliphatic heterocycles. The van der Waals surface area contributed by atoms with Crippen LogP contribution in [0.15, 0.2) is 18.2 Å². The number of ether oxygens (including phenoxy) is 1. The lowest BCUT2D eigenvalue weighted by Crippen LogP contribution is -2.74. The average Bonchev–Trinajstić information content (AvgIpc) is 2.49. The smallest absolute Gasteiger partial charge is 0.245 e. The van der Waals surface area contributed by atoms with Crippen LogP contribution in [0.3, 0.4) is 0 Å². The second-order valence-electron chi connectivity index (χ2n) is 7.01. The predicted molar refractivity (Wildman–Crippen MR) is 94.8 cm³/mol. The second kappa shape index (κ2) is 6.53. The van der Waals surface area contributed by atoms with E-state index in [1.165, 1.54) is 6.92 Å². The van der Waals surface area contributed by atoms with E-state index in [0.717, 1.165) is 5.56 Å². The standard InChI is InChI=1S/C18H27N3O3/c1-6-24-15-10-18(19,17(15,4)5)16(23)21-14-9-13(20-12(3)22)8-7-11(14)2/h7-9,15H,6,10,19H2,1-5H3,(H,20,22)(H,21,23). The van der Waals surface area contributed by atoms with E-state index in [0.29, 0.717) is 24.4 Å². The molecule has 1 saturated carbocycles. The molecule has 1 aromatic rings. The Morgan fingerprint density at radius 2 is 2.00 bits per heavy atom. The summed E-state index contributed by atoms with van der Waals surface area (Å²) in [5, 5.41) is 5.62. The summed E-state index contributed by atoms with van der Waals surface area (Å²) >= 11 is 0. The maximum Gasteiger partial charge on any atom is 0.245 e. The first-order chi connectivity index (χ1) is 11.1. The largest absolute Gasteiger partial charge is 0.378 e. The molecule has 1 aliphatic carbocycles. The molecule has 0 radical (unpaired) electrons. The number of benzene rings is 1. The van der Waals surface area contributed by atoms with Crippen LogP contribution < -0.4 is 16.4 Å². The van der Waals surface area contributed by atoms with Crippen molar-refractivity contribution in [1.82, 2.24) is 0 Å². The number of hydrogen-bond acceptors (Lipinski definition) is 4. The first-order valence-electron chi connectivity index (χ1n) is 8.22. The van der Waals surface area contributed by atoms with Gasteiger partial charge in [0.1, 0.15) is 5.54 Å². The van der Waals surface area contributed by atoms with Crippen molar-refractivity contribution in [2.24, 2.45) is 11.1 Å². The zero-order chi connectivity index (χ0) is 18.1. The van der Waals surface area contributed by atoms with Gasteiger partial charge in [-0.05, 0) is 31.5 Å². The SMILES string of the molecule is CCOC1CC(N)(C(=O)Nc2cc(NC(C)=O)ccc2C)C1(C)C.